The molecule has 0 saturated carbocycles. The van der Waals surface area contributed by atoms with Gasteiger partial charge in [-0.25, -0.2) is 13.6 Å². The number of furan rings is 1. The second kappa shape index (κ2) is 8.63. The Bertz CT molecular complexity index is 913. The molecule has 0 bridgehead atoms. The monoisotopic (exact) mass is 470 g/mol. The van der Waals surface area contributed by atoms with E-state index in [9.17, 15) is 13.2 Å². The van der Waals surface area contributed by atoms with Gasteiger partial charge in [0.1, 0.15) is 6.17 Å². The highest BCUT2D eigenvalue weighted by Crippen LogP contribution is 2.29. The van der Waals surface area contributed by atoms with Gasteiger partial charge in [0.15, 0.2) is 10.9 Å². The average Bonchev–Trinajstić information content (AvgIpc) is 3.07. The summed E-state index contributed by atoms with van der Waals surface area (Å²) in [5.74, 6) is -0.599. The van der Waals surface area contributed by atoms with E-state index in [0.717, 1.165) is 0 Å². The molecule has 0 aliphatic rings. The summed E-state index contributed by atoms with van der Waals surface area (Å²) in [6, 6.07) is 8.45. The maximum absolute atomic E-state index is 12.1. The van der Waals surface area contributed by atoms with Crippen LogP contribution in [0.4, 0.5) is 5.69 Å². The maximum atomic E-state index is 12.1. The SMILES string of the molecule is NS(=O)(=O)c1ccc(NC(=S)N[C@H](NC(=O)c2ccco2)C(Cl)(Cl)Cl)cc1. The van der Waals surface area contributed by atoms with Crippen LogP contribution >= 0.6 is 47.0 Å². The van der Waals surface area contributed by atoms with E-state index in [1.54, 1.807) is 0 Å². The Balaban J connectivity index is 2.04. The molecule has 0 aliphatic carbocycles. The first-order chi connectivity index (χ1) is 12.5. The normalized spacial score (nSPS) is 12.9. The molecule has 8 nitrogen and oxygen atoms in total. The zero-order valence-corrected chi connectivity index (χ0v) is 17.2. The van der Waals surface area contributed by atoms with Gasteiger partial charge in [0.2, 0.25) is 13.8 Å². The Hall–Kier alpha value is -1.56. The molecule has 1 amide bonds. The lowest BCUT2D eigenvalue weighted by atomic mass is 10.3. The van der Waals surface area contributed by atoms with Gasteiger partial charge < -0.3 is 20.4 Å². The van der Waals surface area contributed by atoms with Crippen molar-refractivity contribution in [3.63, 3.8) is 0 Å². The molecule has 0 radical (unpaired) electrons. The van der Waals surface area contributed by atoms with Crippen molar-refractivity contribution in [1.29, 1.82) is 0 Å². The molecule has 1 aromatic carbocycles. The van der Waals surface area contributed by atoms with Gasteiger partial charge in [-0.15, -0.1) is 0 Å². The topological polar surface area (TPSA) is 126 Å². The van der Waals surface area contributed by atoms with Gasteiger partial charge in [-0.05, 0) is 48.6 Å². The zero-order valence-electron chi connectivity index (χ0n) is 13.3. The minimum atomic E-state index is -3.81. The quantitative estimate of drug-likeness (QED) is 0.299. The smallest absolute Gasteiger partial charge is 0.288 e. The molecule has 0 saturated heterocycles. The number of sulfonamides is 1. The molecular weight excluding hydrogens is 459 g/mol. The second-order valence-electron chi connectivity index (χ2n) is 5.09. The first-order valence-corrected chi connectivity index (χ1v) is 10.2. The molecule has 27 heavy (non-hydrogen) atoms. The highest BCUT2D eigenvalue weighted by atomic mass is 35.6. The van der Waals surface area contributed by atoms with Crippen molar-refractivity contribution in [3.05, 3.63) is 48.4 Å². The van der Waals surface area contributed by atoms with Gasteiger partial charge in [0, 0.05) is 5.69 Å². The number of anilines is 1. The number of nitrogens with two attached hydrogens (primary N) is 1. The molecule has 1 heterocycles. The number of nitrogens with one attached hydrogen (secondary N) is 3. The lowest BCUT2D eigenvalue weighted by Crippen LogP contribution is -2.56. The standard InChI is InChI=1S/C14H13Cl3N4O4S2/c15-14(16,17)12(20-11(22)10-2-1-7-25-10)21-13(26)19-8-3-5-9(6-4-8)27(18,23)24/h1-7,12H,(H,20,22)(H2,18,23,24)(H2,19,21,26)/t12-/m0/s1. The Labute approximate surface area is 175 Å². The second-order valence-corrected chi connectivity index (χ2v) is 9.43. The number of thiocarbonyl (C=S) groups is 1. The molecule has 2 rings (SSSR count). The Morgan fingerprint density at radius 3 is 2.26 bits per heavy atom. The number of hydrogen-bond donors (Lipinski definition) is 4. The minimum Gasteiger partial charge on any atom is -0.459 e. The predicted octanol–water partition coefficient (Wildman–Crippen LogP) is 2.34. The van der Waals surface area contributed by atoms with Crippen LogP contribution in [0.1, 0.15) is 10.6 Å². The van der Waals surface area contributed by atoms with Crippen LogP contribution in [0.25, 0.3) is 0 Å². The van der Waals surface area contributed by atoms with Crippen LogP contribution in [0.2, 0.25) is 0 Å². The molecule has 0 unspecified atom stereocenters. The van der Waals surface area contributed by atoms with E-state index >= 15 is 0 Å². The number of amides is 1. The number of primary sulfonamides is 1. The van der Waals surface area contributed by atoms with Crippen LogP contribution in [-0.4, -0.2) is 29.4 Å². The van der Waals surface area contributed by atoms with Crippen LogP contribution in [0.5, 0.6) is 0 Å². The molecule has 1 aromatic heterocycles. The van der Waals surface area contributed by atoms with Crippen LogP contribution < -0.4 is 21.1 Å². The van der Waals surface area contributed by atoms with E-state index in [2.05, 4.69) is 16.0 Å². The fourth-order valence-electron chi connectivity index (χ4n) is 1.84. The van der Waals surface area contributed by atoms with Crippen LogP contribution in [0.3, 0.4) is 0 Å². The molecule has 0 fully saturated rings. The van der Waals surface area contributed by atoms with E-state index in [1.165, 1.54) is 42.7 Å². The van der Waals surface area contributed by atoms with E-state index in [-0.39, 0.29) is 15.8 Å². The molecule has 5 N–H and O–H groups in total. The highest BCUT2D eigenvalue weighted by Gasteiger charge is 2.35. The van der Waals surface area contributed by atoms with Crippen molar-refractivity contribution >= 4 is 73.8 Å². The zero-order chi connectivity index (χ0) is 20.2. The summed E-state index contributed by atoms with van der Waals surface area (Å²) in [6.45, 7) is 0. The van der Waals surface area contributed by atoms with Crippen molar-refractivity contribution in [3.8, 4) is 0 Å². The van der Waals surface area contributed by atoms with Crippen LogP contribution in [0.15, 0.2) is 52.0 Å². The minimum absolute atomic E-state index is 0.00873. The predicted molar refractivity (Wildman–Crippen MR) is 107 cm³/mol. The average molecular weight is 472 g/mol. The van der Waals surface area contributed by atoms with E-state index < -0.39 is 25.9 Å². The molecule has 0 spiro atoms. The Kier molecular flexibility index (Phi) is 6.95. The third-order valence-electron chi connectivity index (χ3n) is 3.06. The summed E-state index contributed by atoms with van der Waals surface area (Å²) < 4.78 is 25.5. The fraction of sp³-hybridized carbons (Fsp3) is 0.143. The van der Waals surface area contributed by atoms with E-state index in [4.69, 9.17) is 56.6 Å². The number of alkyl halides is 3. The number of carbonyl (C=O) groups is 1. The van der Waals surface area contributed by atoms with Crippen molar-refractivity contribution in [1.82, 2.24) is 10.6 Å². The van der Waals surface area contributed by atoms with Gasteiger partial charge in [-0.2, -0.15) is 0 Å². The van der Waals surface area contributed by atoms with Crippen LogP contribution in [-0.2, 0) is 10.0 Å². The number of halogens is 3. The Morgan fingerprint density at radius 1 is 1.15 bits per heavy atom. The third-order valence-corrected chi connectivity index (χ3v) is 4.87. The molecule has 146 valence electrons. The van der Waals surface area contributed by atoms with Gasteiger partial charge in [0.05, 0.1) is 11.2 Å². The first-order valence-electron chi connectivity index (χ1n) is 7.08. The number of rotatable bonds is 5. The van der Waals surface area contributed by atoms with Crippen LogP contribution in [0, 0.1) is 0 Å². The van der Waals surface area contributed by atoms with Crippen molar-refractivity contribution < 1.29 is 17.6 Å². The largest absolute Gasteiger partial charge is 0.459 e. The van der Waals surface area contributed by atoms with Gasteiger partial charge in [0.25, 0.3) is 5.91 Å². The number of benzene rings is 1. The summed E-state index contributed by atoms with van der Waals surface area (Å²) in [5.41, 5.74) is 0.445. The fourth-order valence-corrected chi connectivity index (χ4v) is 2.91. The number of hydrogen-bond acceptors (Lipinski definition) is 5. The molecular formula is C14H13Cl3N4O4S2. The van der Waals surface area contributed by atoms with E-state index in [0.29, 0.717) is 5.69 Å². The van der Waals surface area contributed by atoms with Gasteiger partial charge in [-0.3, -0.25) is 4.79 Å². The first kappa shape index (κ1) is 21.7. The summed E-state index contributed by atoms with van der Waals surface area (Å²) in [4.78, 5) is 12.0. The molecule has 1 atom stereocenters. The van der Waals surface area contributed by atoms with Gasteiger partial charge >= 0.3 is 0 Å². The van der Waals surface area contributed by atoms with Crippen molar-refractivity contribution in [2.24, 2.45) is 5.14 Å². The third kappa shape index (κ3) is 6.52. The Morgan fingerprint density at radius 2 is 1.78 bits per heavy atom. The maximum Gasteiger partial charge on any atom is 0.288 e. The summed E-state index contributed by atoms with van der Waals surface area (Å²) in [6.07, 6.45) is 0.133. The lowest BCUT2D eigenvalue weighted by molar-refractivity contribution is 0.0906. The van der Waals surface area contributed by atoms with Crippen molar-refractivity contribution in [2.45, 2.75) is 14.9 Å². The number of carbonyl (C=O) groups excluding carboxylic acids is 1. The molecule has 0 aliphatic heterocycles. The van der Waals surface area contributed by atoms with Gasteiger partial charge in [-0.1, -0.05) is 34.8 Å². The summed E-state index contributed by atoms with van der Waals surface area (Å²) in [5, 5.41) is 12.9. The van der Waals surface area contributed by atoms with E-state index in [1.807, 2.05) is 0 Å². The molecule has 13 heteroatoms. The molecule has 2 aromatic rings. The summed E-state index contributed by atoms with van der Waals surface area (Å²) in [7, 11) is -3.81. The lowest BCUT2D eigenvalue weighted by Gasteiger charge is -2.27. The van der Waals surface area contributed by atoms with Crippen molar-refractivity contribution in [2.75, 3.05) is 5.32 Å². The highest BCUT2D eigenvalue weighted by molar-refractivity contribution is 7.89. The summed E-state index contributed by atoms with van der Waals surface area (Å²) >= 11 is 22.8.